The third kappa shape index (κ3) is 4.47. The first-order chi connectivity index (χ1) is 25.5. The number of ether oxygens (including phenoxy) is 2. The molecule has 0 amide bonds. The average Bonchev–Trinajstić information content (AvgIpc) is 3.18. The van der Waals surface area contributed by atoms with Crippen molar-refractivity contribution in [3.05, 3.63) is 212 Å². The highest BCUT2D eigenvalue weighted by Crippen LogP contribution is 2.66. The van der Waals surface area contributed by atoms with Crippen LogP contribution in [-0.4, -0.2) is 0 Å². The lowest BCUT2D eigenvalue weighted by Gasteiger charge is -2.46. The molecule has 0 saturated carbocycles. The molecule has 7 aromatic carbocycles. The second kappa shape index (κ2) is 11.6. The third-order valence-electron chi connectivity index (χ3n) is 11.6. The highest BCUT2D eigenvalue weighted by molar-refractivity contribution is 5.80. The number of nitrogens with two attached hydrogens (primary N) is 2. The Hall–Kier alpha value is -6.26. The number of aryl methyl sites for hydroxylation is 1. The van der Waals surface area contributed by atoms with Crippen LogP contribution in [0.5, 0.6) is 23.0 Å². The molecule has 0 saturated heterocycles. The van der Waals surface area contributed by atoms with E-state index < -0.39 is 0 Å². The van der Waals surface area contributed by atoms with Gasteiger partial charge in [-0.25, -0.2) is 0 Å². The van der Waals surface area contributed by atoms with Crippen molar-refractivity contribution >= 4 is 11.4 Å². The monoisotopic (exact) mass is 674 g/mol. The molecule has 2 bridgehead atoms. The second-order valence-corrected chi connectivity index (χ2v) is 14.4. The van der Waals surface area contributed by atoms with E-state index >= 15 is 0 Å². The van der Waals surface area contributed by atoms with E-state index in [0.717, 1.165) is 34.1 Å². The van der Waals surface area contributed by atoms with E-state index in [2.05, 4.69) is 111 Å². The first kappa shape index (κ1) is 30.6. The molecule has 2 atom stereocenters. The van der Waals surface area contributed by atoms with Gasteiger partial charge in [0.1, 0.15) is 23.0 Å². The fourth-order valence-electron chi connectivity index (χ4n) is 9.34. The van der Waals surface area contributed by atoms with Gasteiger partial charge in [0.15, 0.2) is 0 Å². The van der Waals surface area contributed by atoms with Gasteiger partial charge < -0.3 is 20.9 Å². The van der Waals surface area contributed by atoms with Crippen LogP contribution in [0.1, 0.15) is 97.4 Å². The lowest BCUT2D eigenvalue weighted by Crippen LogP contribution is -2.31. The van der Waals surface area contributed by atoms with Crippen molar-refractivity contribution in [3.63, 3.8) is 0 Å². The number of rotatable bonds is 5. The molecular formula is C48H38N2O2. The van der Waals surface area contributed by atoms with Crippen LogP contribution in [0, 0.1) is 6.92 Å². The minimum absolute atomic E-state index is 0.0141. The Morgan fingerprint density at radius 3 is 1.15 bits per heavy atom. The van der Waals surface area contributed by atoms with Crippen LogP contribution in [-0.2, 0) is 0 Å². The van der Waals surface area contributed by atoms with E-state index in [4.69, 9.17) is 20.9 Å². The standard InChI is InChI=1S/C48H38N2O2/c1-27-11-3-4-12-33(27)41-35-14-6-5-13-34(35)28(2)40-44(41)48(52-32-25-21-30(50)22-26-32)46-43-38-17-9-7-15-36(38)42(37-16-8-10-18-39(37)43)45(46)47(40)51-31-23-19-29(49)20-24-31/h3-26,28,41-43H,49-50H2,1-2H3. The molecule has 11 rings (SSSR count). The summed E-state index contributed by atoms with van der Waals surface area (Å²) in [5.74, 6) is 3.15. The van der Waals surface area contributed by atoms with Gasteiger partial charge in [0.05, 0.1) is 0 Å². The zero-order valence-corrected chi connectivity index (χ0v) is 29.1. The van der Waals surface area contributed by atoms with Crippen molar-refractivity contribution in [2.24, 2.45) is 0 Å². The summed E-state index contributed by atoms with van der Waals surface area (Å²) in [7, 11) is 0. The predicted octanol–water partition coefficient (Wildman–Crippen LogP) is 11.4. The summed E-state index contributed by atoms with van der Waals surface area (Å²) in [4.78, 5) is 0. The zero-order valence-electron chi connectivity index (χ0n) is 29.1. The Morgan fingerprint density at radius 2 is 0.712 bits per heavy atom. The first-order valence-corrected chi connectivity index (χ1v) is 18.1. The number of fused-ring (bicyclic) bond motifs is 2. The topological polar surface area (TPSA) is 70.5 Å². The van der Waals surface area contributed by atoms with Crippen molar-refractivity contribution in [1.29, 1.82) is 0 Å². The molecule has 0 heterocycles. The summed E-state index contributed by atoms with van der Waals surface area (Å²) >= 11 is 0. The van der Waals surface area contributed by atoms with Crippen molar-refractivity contribution < 1.29 is 9.47 Å². The van der Waals surface area contributed by atoms with Gasteiger partial charge in [-0.15, -0.1) is 0 Å². The molecule has 0 aliphatic heterocycles. The molecule has 7 aromatic rings. The summed E-state index contributed by atoms with van der Waals surface area (Å²) in [5, 5.41) is 0. The summed E-state index contributed by atoms with van der Waals surface area (Å²) in [6.45, 7) is 4.54. The minimum Gasteiger partial charge on any atom is -0.457 e. The summed E-state index contributed by atoms with van der Waals surface area (Å²) in [6.07, 6.45) is 0. The van der Waals surface area contributed by atoms with Crippen LogP contribution in [0.25, 0.3) is 0 Å². The largest absolute Gasteiger partial charge is 0.457 e. The van der Waals surface area contributed by atoms with E-state index in [1.54, 1.807) is 0 Å². The summed E-state index contributed by atoms with van der Waals surface area (Å²) in [6, 6.07) is 51.2. The van der Waals surface area contributed by atoms with Gasteiger partial charge >= 0.3 is 0 Å². The van der Waals surface area contributed by atoms with Crippen LogP contribution in [0.15, 0.2) is 146 Å². The third-order valence-corrected chi connectivity index (χ3v) is 11.6. The zero-order chi connectivity index (χ0) is 35.1. The van der Waals surface area contributed by atoms with E-state index in [1.807, 2.05) is 48.5 Å². The highest BCUT2D eigenvalue weighted by atomic mass is 16.5. The Morgan fingerprint density at radius 1 is 0.385 bits per heavy atom. The molecule has 0 radical (unpaired) electrons. The summed E-state index contributed by atoms with van der Waals surface area (Å²) < 4.78 is 14.7. The Labute approximate surface area is 304 Å². The Kier molecular flexibility index (Phi) is 6.84. The van der Waals surface area contributed by atoms with Crippen molar-refractivity contribution in [2.45, 2.75) is 37.5 Å². The molecule has 52 heavy (non-hydrogen) atoms. The van der Waals surface area contributed by atoms with Crippen LogP contribution in [0.4, 0.5) is 11.4 Å². The average molecular weight is 675 g/mol. The molecule has 0 aromatic heterocycles. The molecule has 0 spiro atoms. The molecule has 0 fully saturated rings. The minimum atomic E-state index is -0.0996. The number of hydrogen-bond acceptors (Lipinski definition) is 4. The lowest BCUT2D eigenvalue weighted by molar-refractivity contribution is 0.435. The molecule has 4 heteroatoms. The fourth-order valence-corrected chi connectivity index (χ4v) is 9.34. The van der Waals surface area contributed by atoms with Gasteiger partial charge in [0, 0.05) is 57.3 Å². The van der Waals surface area contributed by atoms with Crippen LogP contribution in [0.3, 0.4) is 0 Å². The van der Waals surface area contributed by atoms with Gasteiger partial charge in [0.25, 0.3) is 0 Å². The van der Waals surface area contributed by atoms with Crippen LogP contribution in [0.2, 0.25) is 0 Å². The van der Waals surface area contributed by atoms with E-state index in [0.29, 0.717) is 11.4 Å². The Balaban J connectivity index is 1.38. The van der Waals surface area contributed by atoms with Crippen molar-refractivity contribution in [3.8, 4) is 23.0 Å². The van der Waals surface area contributed by atoms with Gasteiger partial charge in [-0.2, -0.15) is 0 Å². The van der Waals surface area contributed by atoms with E-state index in [9.17, 15) is 0 Å². The summed E-state index contributed by atoms with van der Waals surface area (Å²) in [5.41, 5.74) is 28.8. The SMILES string of the molecule is Cc1ccccc1C1c2ccccc2C(C)c2c(Oc3ccc(N)cc3)c3c(c(Oc4ccc(N)cc4)c21)C1c2ccccc2C3c2ccccc21. The maximum absolute atomic E-state index is 7.36. The maximum atomic E-state index is 7.36. The highest BCUT2D eigenvalue weighted by Gasteiger charge is 2.49. The smallest absolute Gasteiger partial charge is 0.136 e. The molecule has 4 N–H and O–H groups in total. The van der Waals surface area contributed by atoms with Crippen molar-refractivity contribution in [1.82, 2.24) is 0 Å². The van der Waals surface area contributed by atoms with Gasteiger partial charge in [-0.05, 0) is 100.0 Å². The predicted molar refractivity (Wildman–Crippen MR) is 209 cm³/mol. The maximum Gasteiger partial charge on any atom is 0.136 e. The van der Waals surface area contributed by atoms with Crippen molar-refractivity contribution in [2.75, 3.05) is 11.5 Å². The van der Waals surface area contributed by atoms with Gasteiger partial charge in [-0.3, -0.25) is 0 Å². The number of anilines is 2. The fraction of sp³-hybridized carbons (Fsp3) is 0.125. The lowest BCUT2D eigenvalue weighted by atomic mass is 9.58. The molecule has 4 nitrogen and oxygen atoms in total. The molecule has 4 aliphatic carbocycles. The number of nitrogen functional groups attached to an aromatic ring is 2. The van der Waals surface area contributed by atoms with Crippen LogP contribution >= 0.6 is 0 Å². The van der Waals surface area contributed by atoms with Gasteiger partial charge in [-0.1, -0.05) is 104 Å². The van der Waals surface area contributed by atoms with E-state index in [-0.39, 0.29) is 23.7 Å². The normalized spacial score (nSPS) is 18.7. The van der Waals surface area contributed by atoms with Crippen LogP contribution < -0.4 is 20.9 Å². The number of hydrogen-bond donors (Lipinski definition) is 2. The molecule has 4 aliphatic rings. The molecule has 252 valence electrons. The first-order valence-electron chi connectivity index (χ1n) is 18.1. The Bertz CT molecular complexity index is 2490. The molecule has 2 unspecified atom stereocenters. The number of benzene rings is 7. The molecular weight excluding hydrogens is 637 g/mol. The second-order valence-electron chi connectivity index (χ2n) is 14.4. The quantitative estimate of drug-likeness (QED) is 0.178. The van der Waals surface area contributed by atoms with E-state index in [1.165, 1.54) is 55.6 Å². The van der Waals surface area contributed by atoms with Gasteiger partial charge in [0.2, 0.25) is 0 Å².